The Bertz CT molecular complexity index is 966. The topological polar surface area (TPSA) is 86.5 Å². The normalized spacial score (nSPS) is 18.2. The number of aromatic nitrogens is 3. The summed E-state index contributed by atoms with van der Waals surface area (Å²) >= 11 is -0.250. The molecule has 3 heterocycles. The van der Waals surface area contributed by atoms with Crippen molar-refractivity contribution in [3.05, 3.63) is 29.8 Å². The largest absolute Gasteiger partial charge is 0.481 e. The third kappa shape index (κ3) is 4.11. The second-order valence-corrected chi connectivity index (χ2v) is 8.03. The van der Waals surface area contributed by atoms with Crippen molar-refractivity contribution in [3.63, 3.8) is 0 Å². The van der Waals surface area contributed by atoms with Crippen molar-refractivity contribution in [3.8, 4) is 17.1 Å². The lowest BCUT2D eigenvalue weighted by Crippen LogP contribution is -2.54. The first-order chi connectivity index (χ1) is 14.2. The lowest BCUT2D eigenvalue weighted by Gasteiger charge is -2.44. The van der Waals surface area contributed by atoms with Gasteiger partial charge in [0.25, 0.3) is 5.91 Å². The van der Waals surface area contributed by atoms with Gasteiger partial charge in [-0.05, 0) is 32.8 Å². The summed E-state index contributed by atoms with van der Waals surface area (Å²) in [6.07, 6.45) is 1.83. The van der Waals surface area contributed by atoms with Crippen LogP contribution < -0.4 is 4.74 Å². The number of hydrogen-bond acceptors (Lipinski definition) is 7. The van der Waals surface area contributed by atoms with Gasteiger partial charge in [-0.25, -0.2) is 9.37 Å². The molecular weight excluding hydrogens is 418 g/mol. The zero-order valence-corrected chi connectivity index (χ0v) is 17.8. The van der Waals surface area contributed by atoms with Crippen LogP contribution in [0.4, 0.5) is 8.28 Å². The molecule has 0 spiro atoms. The van der Waals surface area contributed by atoms with Crippen molar-refractivity contribution in [2.24, 2.45) is 5.92 Å². The number of halogens is 2. The fourth-order valence-corrected chi connectivity index (χ4v) is 4.06. The van der Waals surface area contributed by atoms with Crippen molar-refractivity contribution in [1.82, 2.24) is 19.1 Å². The lowest BCUT2D eigenvalue weighted by molar-refractivity contribution is -0.148. The van der Waals surface area contributed by atoms with E-state index in [4.69, 9.17) is 9.47 Å². The van der Waals surface area contributed by atoms with Crippen LogP contribution in [0.5, 0.6) is 5.88 Å². The molecule has 3 rings (SSSR count). The number of rotatable bonds is 5. The van der Waals surface area contributed by atoms with Crippen molar-refractivity contribution in [2.75, 3.05) is 20.8 Å². The third-order valence-electron chi connectivity index (χ3n) is 5.24. The van der Waals surface area contributed by atoms with Crippen molar-refractivity contribution < 1.29 is 27.3 Å². The Morgan fingerprint density at radius 1 is 1.30 bits per heavy atom. The highest BCUT2D eigenvalue weighted by Crippen LogP contribution is 2.35. The Labute approximate surface area is 177 Å². The SMILES string of the molecule is COC(=O)C1CCN(C(=O)c2cc(-c3cc(OC)ncc3F)n(SF)n2)C(C)(C)C1. The quantitative estimate of drug-likeness (QED) is 0.660. The minimum absolute atomic E-state index is 0.00205. The van der Waals surface area contributed by atoms with Crippen LogP contribution in [0.1, 0.15) is 37.2 Å². The standard InChI is InChI=1S/C19H22F2N4O4S/c1-19(2)9-11(18(27)29-4)5-6-24(19)17(26)14-8-15(25(23-14)30-21)12-7-16(28-3)22-10-13(12)20/h7-8,10-11H,5-6,9H2,1-4H3. The van der Waals surface area contributed by atoms with Crippen LogP contribution in [0, 0.1) is 11.7 Å². The molecule has 1 amide bonds. The van der Waals surface area contributed by atoms with Gasteiger partial charge in [0.05, 0.1) is 32.0 Å². The number of nitrogens with zero attached hydrogens (tertiary/aromatic N) is 4. The Hall–Kier alpha value is -2.69. The van der Waals surface area contributed by atoms with Crippen LogP contribution in [0.15, 0.2) is 18.3 Å². The molecule has 2 aromatic rings. The van der Waals surface area contributed by atoms with Crippen LogP contribution in [0.2, 0.25) is 0 Å². The van der Waals surface area contributed by atoms with Gasteiger partial charge >= 0.3 is 5.97 Å². The summed E-state index contributed by atoms with van der Waals surface area (Å²) in [5.74, 6) is -1.61. The Morgan fingerprint density at radius 2 is 2.03 bits per heavy atom. The maximum atomic E-state index is 14.3. The fourth-order valence-electron chi connectivity index (χ4n) is 3.72. The highest BCUT2D eigenvalue weighted by Gasteiger charge is 2.41. The molecule has 1 aliphatic heterocycles. The van der Waals surface area contributed by atoms with Gasteiger partial charge in [0.2, 0.25) is 5.88 Å². The van der Waals surface area contributed by atoms with Crippen molar-refractivity contribution >= 4 is 24.2 Å². The van der Waals surface area contributed by atoms with Crippen molar-refractivity contribution in [1.29, 1.82) is 0 Å². The molecule has 0 saturated carbocycles. The first kappa shape index (κ1) is 22.0. The Kier molecular flexibility index (Phi) is 6.30. The average molecular weight is 440 g/mol. The fraction of sp³-hybridized carbons (Fsp3) is 0.474. The van der Waals surface area contributed by atoms with Crippen LogP contribution in [-0.2, 0) is 9.53 Å². The minimum Gasteiger partial charge on any atom is -0.481 e. The number of methoxy groups -OCH3 is 2. The molecule has 1 atom stereocenters. The first-order valence-corrected chi connectivity index (χ1v) is 9.88. The van der Waals surface area contributed by atoms with Gasteiger partial charge in [0, 0.05) is 23.7 Å². The monoisotopic (exact) mass is 440 g/mol. The first-order valence-electron chi connectivity index (χ1n) is 9.20. The second-order valence-electron chi connectivity index (χ2n) is 7.55. The number of likely N-dealkylation sites (tertiary alicyclic amines) is 1. The summed E-state index contributed by atoms with van der Waals surface area (Å²) < 4.78 is 38.5. The third-order valence-corrected chi connectivity index (χ3v) is 5.64. The molecule has 0 bridgehead atoms. The predicted molar refractivity (Wildman–Crippen MR) is 106 cm³/mol. The van der Waals surface area contributed by atoms with E-state index >= 15 is 0 Å². The van der Waals surface area contributed by atoms with Gasteiger partial charge in [-0.2, -0.15) is 9.19 Å². The highest BCUT2D eigenvalue weighted by atomic mass is 32.2. The number of piperidine rings is 1. The zero-order chi connectivity index (χ0) is 22.1. The van der Waals surface area contributed by atoms with Crippen LogP contribution in [0.3, 0.4) is 0 Å². The van der Waals surface area contributed by atoms with E-state index in [2.05, 4.69) is 10.1 Å². The van der Waals surface area contributed by atoms with Gasteiger partial charge in [-0.3, -0.25) is 9.59 Å². The van der Waals surface area contributed by atoms with Crippen LogP contribution >= 0.6 is 12.3 Å². The van der Waals surface area contributed by atoms with E-state index in [1.807, 2.05) is 13.8 Å². The predicted octanol–water partition coefficient (Wildman–Crippen LogP) is 3.28. The van der Waals surface area contributed by atoms with Gasteiger partial charge in [0.15, 0.2) is 23.8 Å². The van der Waals surface area contributed by atoms with Crippen LogP contribution in [-0.4, -0.2) is 57.2 Å². The summed E-state index contributed by atoms with van der Waals surface area (Å²) in [5.41, 5.74) is -0.616. The molecule has 8 nitrogen and oxygen atoms in total. The average Bonchev–Trinajstić information content (AvgIpc) is 3.16. The smallest absolute Gasteiger partial charge is 0.308 e. The summed E-state index contributed by atoms with van der Waals surface area (Å²) in [6.45, 7) is 4.00. The summed E-state index contributed by atoms with van der Waals surface area (Å²) in [4.78, 5) is 30.4. The molecule has 2 aromatic heterocycles. The van der Waals surface area contributed by atoms with Gasteiger partial charge in [0.1, 0.15) is 0 Å². The zero-order valence-electron chi connectivity index (χ0n) is 17.0. The van der Waals surface area contributed by atoms with E-state index < -0.39 is 17.3 Å². The summed E-state index contributed by atoms with van der Waals surface area (Å²) in [7, 11) is 2.71. The minimum atomic E-state index is -0.704. The lowest BCUT2D eigenvalue weighted by atomic mass is 9.82. The molecule has 0 radical (unpaired) electrons. The summed E-state index contributed by atoms with van der Waals surface area (Å²) in [6, 6.07) is 2.63. The molecule has 1 aliphatic rings. The molecule has 0 aliphatic carbocycles. The molecule has 0 aromatic carbocycles. The number of carbonyl (C=O) groups is 2. The van der Waals surface area contributed by atoms with Gasteiger partial charge in [-0.15, -0.1) is 3.89 Å². The Balaban J connectivity index is 1.92. The van der Waals surface area contributed by atoms with E-state index in [1.165, 1.54) is 26.4 Å². The van der Waals surface area contributed by atoms with Gasteiger partial charge in [-0.1, -0.05) is 0 Å². The molecular formula is C19H22F2N4O4S. The number of hydrogen-bond donors (Lipinski definition) is 0. The molecule has 162 valence electrons. The Morgan fingerprint density at radius 3 is 2.63 bits per heavy atom. The van der Waals surface area contributed by atoms with E-state index in [9.17, 15) is 17.9 Å². The van der Waals surface area contributed by atoms with Gasteiger partial charge < -0.3 is 14.4 Å². The molecule has 0 N–H and O–H groups in total. The second kappa shape index (κ2) is 8.58. The van der Waals surface area contributed by atoms with E-state index in [-0.39, 0.29) is 47.1 Å². The maximum Gasteiger partial charge on any atom is 0.308 e. The van der Waals surface area contributed by atoms with E-state index in [0.717, 1.165) is 10.3 Å². The number of amides is 1. The summed E-state index contributed by atoms with van der Waals surface area (Å²) in [5, 5.41) is 4.01. The molecule has 1 saturated heterocycles. The van der Waals surface area contributed by atoms with Crippen LogP contribution in [0.25, 0.3) is 11.3 Å². The number of esters is 1. The van der Waals surface area contributed by atoms with E-state index in [1.54, 1.807) is 4.90 Å². The highest BCUT2D eigenvalue weighted by molar-refractivity contribution is 7.92. The maximum absolute atomic E-state index is 14.3. The molecule has 30 heavy (non-hydrogen) atoms. The molecule has 11 heteroatoms. The number of carbonyl (C=O) groups excluding carboxylic acids is 2. The van der Waals surface area contributed by atoms with E-state index in [0.29, 0.717) is 19.4 Å². The number of pyridine rings is 1. The molecule has 1 unspecified atom stereocenters. The number of ether oxygens (including phenoxy) is 2. The molecule has 1 fully saturated rings. The van der Waals surface area contributed by atoms with Crippen molar-refractivity contribution in [2.45, 2.75) is 32.2 Å².